The summed E-state index contributed by atoms with van der Waals surface area (Å²) in [6, 6.07) is 10.5. The zero-order valence-corrected chi connectivity index (χ0v) is 11.2. The maximum Gasteiger partial charge on any atom is 0.230 e. The van der Waals surface area contributed by atoms with Crippen LogP contribution >= 0.6 is 0 Å². The van der Waals surface area contributed by atoms with Crippen LogP contribution in [-0.2, 0) is 4.79 Å². The Labute approximate surface area is 109 Å². The molecular formula is C15H22N2O. The molecule has 0 aromatic heterocycles. The third kappa shape index (κ3) is 2.91. The third-order valence-corrected chi connectivity index (χ3v) is 3.59. The van der Waals surface area contributed by atoms with Crippen LogP contribution in [0.3, 0.4) is 0 Å². The summed E-state index contributed by atoms with van der Waals surface area (Å²) < 4.78 is 0. The van der Waals surface area contributed by atoms with E-state index in [0.717, 1.165) is 31.6 Å². The van der Waals surface area contributed by atoms with Gasteiger partial charge in [0.05, 0.1) is 5.92 Å². The Morgan fingerprint density at radius 1 is 1.44 bits per heavy atom. The predicted molar refractivity (Wildman–Crippen MR) is 73.5 cm³/mol. The van der Waals surface area contributed by atoms with Crippen molar-refractivity contribution in [3.05, 3.63) is 35.9 Å². The van der Waals surface area contributed by atoms with Crippen molar-refractivity contribution in [3.63, 3.8) is 0 Å². The average molecular weight is 246 g/mol. The largest absolute Gasteiger partial charge is 0.339 e. The van der Waals surface area contributed by atoms with Crippen molar-refractivity contribution in [2.45, 2.75) is 32.2 Å². The molecule has 2 rings (SSSR count). The number of nitrogens with zero attached hydrogens (tertiary/aromatic N) is 1. The Hall–Kier alpha value is -1.35. The van der Waals surface area contributed by atoms with Gasteiger partial charge in [0.15, 0.2) is 0 Å². The van der Waals surface area contributed by atoms with E-state index in [4.69, 9.17) is 0 Å². The lowest BCUT2D eigenvalue weighted by molar-refractivity contribution is -0.134. The number of benzene rings is 1. The molecule has 1 amide bonds. The predicted octanol–water partition coefficient (Wildman–Crippen LogP) is 2.00. The normalized spacial score (nSPS) is 21.7. The first-order chi connectivity index (χ1) is 8.72. The van der Waals surface area contributed by atoms with Crippen LogP contribution in [0.4, 0.5) is 0 Å². The van der Waals surface area contributed by atoms with Gasteiger partial charge in [0.2, 0.25) is 5.91 Å². The van der Waals surface area contributed by atoms with E-state index in [0.29, 0.717) is 6.04 Å². The van der Waals surface area contributed by atoms with E-state index in [1.54, 1.807) is 0 Å². The SMILES string of the molecule is CC[C@H](C(=O)N1CCN[C@@H](C)C1)c1ccccc1. The summed E-state index contributed by atoms with van der Waals surface area (Å²) in [5, 5.41) is 3.37. The van der Waals surface area contributed by atoms with Gasteiger partial charge in [-0.25, -0.2) is 0 Å². The number of rotatable bonds is 3. The summed E-state index contributed by atoms with van der Waals surface area (Å²) in [4.78, 5) is 14.6. The molecule has 3 nitrogen and oxygen atoms in total. The molecule has 0 aliphatic carbocycles. The van der Waals surface area contributed by atoms with Gasteiger partial charge in [-0.15, -0.1) is 0 Å². The van der Waals surface area contributed by atoms with Crippen molar-refractivity contribution in [1.29, 1.82) is 0 Å². The highest BCUT2D eigenvalue weighted by Crippen LogP contribution is 2.22. The van der Waals surface area contributed by atoms with E-state index in [9.17, 15) is 4.79 Å². The van der Waals surface area contributed by atoms with Gasteiger partial charge < -0.3 is 10.2 Å². The quantitative estimate of drug-likeness (QED) is 0.884. The van der Waals surface area contributed by atoms with Gasteiger partial charge >= 0.3 is 0 Å². The number of hydrogen-bond acceptors (Lipinski definition) is 2. The smallest absolute Gasteiger partial charge is 0.230 e. The first-order valence-electron chi connectivity index (χ1n) is 6.79. The van der Waals surface area contributed by atoms with Gasteiger partial charge in [-0.1, -0.05) is 37.3 Å². The molecular weight excluding hydrogens is 224 g/mol. The minimum Gasteiger partial charge on any atom is -0.339 e. The number of nitrogens with one attached hydrogen (secondary N) is 1. The number of carbonyl (C=O) groups excluding carboxylic acids is 1. The van der Waals surface area contributed by atoms with Crippen molar-refractivity contribution in [3.8, 4) is 0 Å². The van der Waals surface area contributed by atoms with Crippen molar-refractivity contribution in [1.82, 2.24) is 10.2 Å². The highest BCUT2D eigenvalue weighted by molar-refractivity contribution is 5.83. The molecule has 0 unspecified atom stereocenters. The molecule has 0 radical (unpaired) electrons. The van der Waals surface area contributed by atoms with E-state index in [1.807, 2.05) is 23.1 Å². The Kier molecular flexibility index (Phi) is 4.37. The molecule has 0 bridgehead atoms. The molecule has 3 heteroatoms. The summed E-state index contributed by atoms with van der Waals surface area (Å²) >= 11 is 0. The average Bonchev–Trinajstić information content (AvgIpc) is 2.41. The Balaban J connectivity index is 2.10. The molecule has 1 aromatic carbocycles. The lowest BCUT2D eigenvalue weighted by Gasteiger charge is -2.34. The molecule has 1 saturated heterocycles. The fourth-order valence-electron chi connectivity index (χ4n) is 2.59. The molecule has 1 aliphatic rings. The van der Waals surface area contributed by atoms with E-state index in [2.05, 4.69) is 31.3 Å². The molecule has 0 spiro atoms. The second-order valence-corrected chi connectivity index (χ2v) is 5.01. The van der Waals surface area contributed by atoms with Gasteiger partial charge in [0.1, 0.15) is 0 Å². The number of carbonyl (C=O) groups is 1. The van der Waals surface area contributed by atoms with Crippen LogP contribution in [0, 0.1) is 0 Å². The molecule has 2 atom stereocenters. The van der Waals surface area contributed by atoms with Gasteiger partial charge in [0.25, 0.3) is 0 Å². The lowest BCUT2D eigenvalue weighted by Crippen LogP contribution is -2.52. The first kappa shape index (κ1) is 13.1. The second kappa shape index (κ2) is 6.01. The standard InChI is InChI=1S/C15H22N2O/c1-3-14(13-7-5-4-6-8-13)15(18)17-10-9-16-12(2)11-17/h4-8,12,14,16H,3,9-11H2,1-2H3/t12-,14-/m0/s1. The summed E-state index contributed by atoms with van der Waals surface area (Å²) in [7, 11) is 0. The highest BCUT2D eigenvalue weighted by Gasteiger charge is 2.27. The molecule has 98 valence electrons. The maximum absolute atomic E-state index is 12.6. The summed E-state index contributed by atoms with van der Waals surface area (Å²) in [6.45, 7) is 6.76. The van der Waals surface area contributed by atoms with Crippen LogP contribution in [0.2, 0.25) is 0 Å². The summed E-state index contributed by atoms with van der Waals surface area (Å²) in [6.07, 6.45) is 0.862. The first-order valence-corrected chi connectivity index (χ1v) is 6.79. The van der Waals surface area contributed by atoms with Crippen molar-refractivity contribution >= 4 is 5.91 Å². The van der Waals surface area contributed by atoms with Crippen LogP contribution in [0.25, 0.3) is 0 Å². The maximum atomic E-state index is 12.6. The third-order valence-electron chi connectivity index (χ3n) is 3.59. The van der Waals surface area contributed by atoms with Gasteiger partial charge in [-0.2, -0.15) is 0 Å². The van der Waals surface area contributed by atoms with Crippen LogP contribution < -0.4 is 5.32 Å². The topological polar surface area (TPSA) is 32.3 Å². The van der Waals surface area contributed by atoms with Crippen LogP contribution in [-0.4, -0.2) is 36.5 Å². The van der Waals surface area contributed by atoms with Gasteiger partial charge in [-0.05, 0) is 18.9 Å². The lowest BCUT2D eigenvalue weighted by atomic mass is 9.94. The van der Waals surface area contributed by atoms with Crippen molar-refractivity contribution in [2.24, 2.45) is 0 Å². The second-order valence-electron chi connectivity index (χ2n) is 5.01. The highest BCUT2D eigenvalue weighted by atomic mass is 16.2. The van der Waals surface area contributed by atoms with E-state index >= 15 is 0 Å². The minimum absolute atomic E-state index is 0.0106. The molecule has 1 aliphatic heterocycles. The minimum atomic E-state index is 0.0106. The monoisotopic (exact) mass is 246 g/mol. The molecule has 18 heavy (non-hydrogen) atoms. The van der Waals surface area contributed by atoms with E-state index in [-0.39, 0.29) is 11.8 Å². The van der Waals surface area contributed by atoms with Crippen LogP contribution in [0.15, 0.2) is 30.3 Å². The van der Waals surface area contributed by atoms with Crippen molar-refractivity contribution in [2.75, 3.05) is 19.6 Å². The molecule has 1 N–H and O–H groups in total. The number of hydrogen-bond donors (Lipinski definition) is 1. The fraction of sp³-hybridized carbons (Fsp3) is 0.533. The van der Waals surface area contributed by atoms with Crippen LogP contribution in [0.5, 0.6) is 0 Å². The number of piperazine rings is 1. The fourth-order valence-corrected chi connectivity index (χ4v) is 2.59. The summed E-state index contributed by atoms with van der Waals surface area (Å²) in [5.74, 6) is 0.286. The van der Waals surface area contributed by atoms with Gasteiger partial charge in [0, 0.05) is 25.7 Å². The summed E-state index contributed by atoms with van der Waals surface area (Å²) in [5.41, 5.74) is 1.14. The molecule has 1 fully saturated rings. The Bertz CT molecular complexity index is 391. The zero-order valence-electron chi connectivity index (χ0n) is 11.2. The van der Waals surface area contributed by atoms with E-state index < -0.39 is 0 Å². The molecule has 0 saturated carbocycles. The zero-order chi connectivity index (χ0) is 13.0. The number of amides is 1. The molecule has 1 aromatic rings. The van der Waals surface area contributed by atoms with Gasteiger partial charge in [-0.3, -0.25) is 4.79 Å². The Morgan fingerprint density at radius 2 is 2.17 bits per heavy atom. The molecule has 1 heterocycles. The van der Waals surface area contributed by atoms with Crippen molar-refractivity contribution < 1.29 is 4.79 Å². The van der Waals surface area contributed by atoms with Crippen LogP contribution in [0.1, 0.15) is 31.7 Å². The van der Waals surface area contributed by atoms with E-state index in [1.165, 1.54) is 0 Å². The Morgan fingerprint density at radius 3 is 2.78 bits per heavy atom.